The Balaban J connectivity index is 1.93. The van der Waals surface area contributed by atoms with Gasteiger partial charge in [-0.1, -0.05) is 23.2 Å². The summed E-state index contributed by atoms with van der Waals surface area (Å²) in [5, 5.41) is 3.62. The van der Waals surface area contributed by atoms with Crippen molar-refractivity contribution in [1.82, 2.24) is 9.80 Å². The third-order valence-electron chi connectivity index (χ3n) is 3.17. The summed E-state index contributed by atoms with van der Waals surface area (Å²) in [6.07, 6.45) is -0.382. The topological polar surface area (TPSA) is 61.9 Å². The highest BCUT2D eigenvalue weighted by Crippen LogP contribution is 2.25. The fourth-order valence-electron chi connectivity index (χ4n) is 2.01. The predicted molar refractivity (Wildman–Crippen MR) is 81.0 cm³/mol. The van der Waals surface area contributed by atoms with Crippen molar-refractivity contribution in [2.45, 2.75) is 0 Å². The molecular weight excluding hydrogens is 317 g/mol. The zero-order chi connectivity index (χ0) is 15.4. The summed E-state index contributed by atoms with van der Waals surface area (Å²) in [4.78, 5) is 26.7. The Kier molecular flexibility index (Phi) is 5.14. The van der Waals surface area contributed by atoms with E-state index in [0.717, 1.165) is 0 Å². The molecule has 1 aliphatic heterocycles. The molecule has 8 heteroatoms. The summed E-state index contributed by atoms with van der Waals surface area (Å²) in [5.74, 6) is 0. The summed E-state index contributed by atoms with van der Waals surface area (Å²) in [7, 11) is 1.34. The van der Waals surface area contributed by atoms with Gasteiger partial charge in [0.1, 0.15) is 0 Å². The minimum atomic E-state index is -0.382. The number of piperazine rings is 1. The van der Waals surface area contributed by atoms with Crippen LogP contribution >= 0.6 is 23.2 Å². The van der Waals surface area contributed by atoms with Crippen LogP contribution in [0.1, 0.15) is 0 Å². The lowest BCUT2D eigenvalue weighted by atomic mass is 10.3. The lowest BCUT2D eigenvalue weighted by Crippen LogP contribution is -2.51. The number of benzene rings is 1. The Morgan fingerprint density at radius 2 is 1.76 bits per heavy atom. The van der Waals surface area contributed by atoms with Gasteiger partial charge in [-0.3, -0.25) is 0 Å². The van der Waals surface area contributed by atoms with E-state index in [1.54, 1.807) is 28.0 Å². The van der Waals surface area contributed by atoms with Gasteiger partial charge in [0, 0.05) is 31.2 Å². The molecule has 0 aromatic heterocycles. The first-order valence-corrected chi connectivity index (χ1v) is 7.10. The summed E-state index contributed by atoms with van der Waals surface area (Å²) < 4.78 is 4.65. The third-order valence-corrected chi connectivity index (χ3v) is 3.73. The largest absolute Gasteiger partial charge is 0.453 e. The molecule has 1 N–H and O–H groups in total. The van der Waals surface area contributed by atoms with Crippen LogP contribution in [0, 0.1) is 0 Å². The molecule has 2 rings (SSSR count). The Hall–Kier alpha value is -1.66. The second-order valence-electron chi connectivity index (χ2n) is 4.50. The average Bonchev–Trinajstić information content (AvgIpc) is 2.50. The number of hydrogen-bond acceptors (Lipinski definition) is 3. The van der Waals surface area contributed by atoms with Crippen molar-refractivity contribution in [3.8, 4) is 0 Å². The second-order valence-corrected chi connectivity index (χ2v) is 5.34. The van der Waals surface area contributed by atoms with E-state index in [0.29, 0.717) is 41.9 Å². The van der Waals surface area contributed by atoms with Crippen LogP contribution in [0.3, 0.4) is 0 Å². The molecule has 1 aromatic rings. The predicted octanol–water partition coefficient (Wildman–Crippen LogP) is 2.91. The van der Waals surface area contributed by atoms with Crippen LogP contribution in [0.2, 0.25) is 10.0 Å². The molecule has 1 aromatic carbocycles. The molecule has 0 spiro atoms. The Morgan fingerprint density at radius 3 is 2.38 bits per heavy atom. The molecule has 0 bridgehead atoms. The number of anilines is 1. The van der Waals surface area contributed by atoms with Crippen LogP contribution in [-0.4, -0.2) is 55.2 Å². The van der Waals surface area contributed by atoms with Gasteiger partial charge in [0.25, 0.3) is 0 Å². The van der Waals surface area contributed by atoms with Crippen LogP contribution in [0.15, 0.2) is 18.2 Å². The van der Waals surface area contributed by atoms with E-state index in [4.69, 9.17) is 23.2 Å². The smallest absolute Gasteiger partial charge is 0.409 e. The first-order valence-electron chi connectivity index (χ1n) is 6.35. The van der Waals surface area contributed by atoms with E-state index in [1.807, 2.05) is 0 Å². The quantitative estimate of drug-likeness (QED) is 0.860. The van der Waals surface area contributed by atoms with Crippen molar-refractivity contribution >= 4 is 41.0 Å². The van der Waals surface area contributed by atoms with E-state index < -0.39 is 0 Å². The van der Waals surface area contributed by atoms with Crippen LogP contribution in [0.4, 0.5) is 15.3 Å². The van der Waals surface area contributed by atoms with Gasteiger partial charge < -0.3 is 19.9 Å². The molecule has 0 unspecified atom stereocenters. The Labute approximate surface area is 132 Å². The van der Waals surface area contributed by atoms with Gasteiger partial charge in [-0.15, -0.1) is 0 Å². The molecule has 114 valence electrons. The molecule has 1 saturated heterocycles. The highest BCUT2D eigenvalue weighted by Gasteiger charge is 2.24. The number of amides is 3. The molecule has 21 heavy (non-hydrogen) atoms. The number of carbonyl (C=O) groups excluding carboxylic acids is 2. The molecule has 3 amide bonds. The van der Waals surface area contributed by atoms with Crippen LogP contribution in [0.5, 0.6) is 0 Å². The third kappa shape index (κ3) is 3.92. The van der Waals surface area contributed by atoms with Crippen molar-refractivity contribution in [1.29, 1.82) is 0 Å². The highest BCUT2D eigenvalue weighted by molar-refractivity contribution is 6.35. The van der Waals surface area contributed by atoms with Gasteiger partial charge in [0.15, 0.2) is 0 Å². The van der Waals surface area contributed by atoms with E-state index in [9.17, 15) is 9.59 Å². The van der Waals surface area contributed by atoms with Crippen molar-refractivity contribution in [2.75, 3.05) is 38.6 Å². The number of nitrogens with zero attached hydrogens (tertiary/aromatic N) is 2. The van der Waals surface area contributed by atoms with Crippen LogP contribution in [0.25, 0.3) is 0 Å². The molecule has 1 aliphatic rings. The zero-order valence-electron chi connectivity index (χ0n) is 11.4. The van der Waals surface area contributed by atoms with Crippen LogP contribution in [-0.2, 0) is 4.74 Å². The van der Waals surface area contributed by atoms with E-state index >= 15 is 0 Å². The standard InChI is InChI=1S/C13H15Cl2N3O3/c1-21-13(20)18-6-4-17(5-7-18)12(19)16-11-8-9(14)2-3-10(11)15/h2-3,8H,4-7H2,1H3,(H,16,19). The normalized spacial score (nSPS) is 14.8. The summed E-state index contributed by atoms with van der Waals surface area (Å²) in [6, 6.07) is 4.58. The van der Waals surface area contributed by atoms with Crippen LogP contribution < -0.4 is 5.32 Å². The molecule has 0 radical (unpaired) electrons. The van der Waals surface area contributed by atoms with Gasteiger partial charge in [-0.25, -0.2) is 9.59 Å². The second kappa shape index (κ2) is 6.87. The maximum absolute atomic E-state index is 12.2. The maximum Gasteiger partial charge on any atom is 0.409 e. The molecule has 6 nitrogen and oxygen atoms in total. The molecular formula is C13H15Cl2N3O3. The number of rotatable bonds is 1. The monoisotopic (exact) mass is 331 g/mol. The number of nitrogens with one attached hydrogen (secondary N) is 1. The first kappa shape index (κ1) is 15.7. The van der Waals surface area contributed by atoms with Gasteiger partial charge in [-0.2, -0.15) is 0 Å². The van der Waals surface area contributed by atoms with Crippen molar-refractivity contribution in [3.63, 3.8) is 0 Å². The fourth-order valence-corrected chi connectivity index (χ4v) is 2.35. The number of urea groups is 1. The van der Waals surface area contributed by atoms with Gasteiger partial charge >= 0.3 is 12.1 Å². The summed E-state index contributed by atoms with van der Waals surface area (Å²) in [5.41, 5.74) is 0.463. The lowest BCUT2D eigenvalue weighted by molar-refractivity contribution is 0.0993. The fraction of sp³-hybridized carbons (Fsp3) is 0.385. The zero-order valence-corrected chi connectivity index (χ0v) is 12.9. The van der Waals surface area contributed by atoms with Gasteiger partial charge in [0.2, 0.25) is 0 Å². The van der Waals surface area contributed by atoms with Crippen molar-refractivity contribution in [2.24, 2.45) is 0 Å². The maximum atomic E-state index is 12.2. The number of ether oxygens (including phenoxy) is 1. The minimum Gasteiger partial charge on any atom is -0.453 e. The van der Waals surface area contributed by atoms with E-state index in [-0.39, 0.29) is 12.1 Å². The highest BCUT2D eigenvalue weighted by atomic mass is 35.5. The molecule has 1 fully saturated rings. The molecule has 0 aliphatic carbocycles. The average molecular weight is 332 g/mol. The van der Waals surface area contributed by atoms with Crippen molar-refractivity contribution < 1.29 is 14.3 Å². The molecule has 0 saturated carbocycles. The number of methoxy groups -OCH3 is 1. The SMILES string of the molecule is COC(=O)N1CCN(C(=O)Nc2cc(Cl)ccc2Cl)CC1. The van der Waals surface area contributed by atoms with Gasteiger partial charge in [-0.05, 0) is 18.2 Å². The molecule has 0 atom stereocenters. The Morgan fingerprint density at radius 1 is 1.14 bits per heavy atom. The molecule has 1 heterocycles. The Bertz CT molecular complexity index is 545. The van der Waals surface area contributed by atoms with Crippen molar-refractivity contribution in [3.05, 3.63) is 28.2 Å². The summed E-state index contributed by atoms with van der Waals surface area (Å²) in [6.45, 7) is 1.73. The van der Waals surface area contributed by atoms with Gasteiger partial charge in [0.05, 0.1) is 17.8 Å². The number of carbonyl (C=O) groups is 2. The lowest BCUT2D eigenvalue weighted by Gasteiger charge is -2.33. The number of hydrogen-bond donors (Lipinski definition) is 1. The minimum absolute atomic E-state index is 0.274. The van der Waals surface area contributed by atoms with E-state index in [2.05, 4.69) is 10.1 Å². The first-order chi connectivity index (χ1) is 10.0. The number of halogens is 2. The van der Waals surface area contributed by atoms with E-state index in [1.165, 1.54) is 7.11 Å². The summed E-state index contributed by atoms with van der Waals surface area (Å²) >= 11 is 11.9.